The van der Waals surface area contributed by atoms with Gasteiger partial charge in [-0.2, -0.15) is 0 Å². The molecule has 4 rings (SSSR count). The van der Waals surface area contributed by atoms with Crippen LogP contribution >= 0.6 is 22.7 Å². The van der Waals surface area contributed by atoms with Crippen molar-refractivity contribution in [3.63, 3.8) is 0 Å². The Morgan fingerprint density at radius 1 is 0.925 bits per heavy atom. The third kappa shape index (κ3) is 7.80. The van der Waals surface area contributed by atoms with Crippen LogP contribution in [0.25, 0.3) is 20.4 Å². The Kier molecular flexibility index (Phi) is 9.06. The molecule has 0 spiro atoms. The van der Waals surface area contributed by atoms with E-state index in [2.05, 4.69) is 21.9 Å². The molecule has 0 saturated carbocycles. The van der Waals surface area contributed by atoms with Crippen molar-refractivity contribution in [3.05, 3.63) is 58.8 Å². The average molecular weight is 580 g/mol. The molecule has 2 heterocycles. The zero-order chi connectivity index (χ0) is 28.9. The van der Waals surface area contributed by atoms with E-state index in [9.17, 15) is 19.2 Å². The highest BCUT2D eigenvalue weighted by molar-refractivity contribution is 7.20. The molecule has 0 fully saturated rings. The molecule has 1 N–H and O–H groups in total. The van der Waals surface area contributed by atoms with Gasteiger partial charge in [0.1, 0.15) is 17.6 Å². The topological polar surface area (TPSA) is 125 Å². The zero-order valence-corrected chi connectivity index (χ0v) is 24.1. The van der Waals surface area contributed by atoms with Gasteiger partial charge in [-0.3, -0.25) is 14.4 Å². The van der Waals surface area contributed by atoms with Crippen LogP contribution in [-0.2, 0) is 14.3 Å². The quantitative estimate of drug-likeness (QED) is 0.110. The van der Waals surface area contributed by atoms with Gasteiger partial charge in [-0.1, -0.05) is 6.58 Å². The van der Waals surface area contributed by atoms with Gasteiger partial charge < -0.3 is 19.6 Å². The first-order chi connectivity index (χ1) is 19.0. The molecule has 0 atom stereocenters. The summed E-state index contributed by atoms with van der Waals surface area (Å²) in [5.74, 6) is 0.418. The SMILES string of the molecule is C=C(CCC(=O)c1nc2ccc(OCC(=O)Nc3ccc4nc(C(=O)CCC=O)sc4c3)cc2s1)OC(C)(C)C. The highest BCUT2D eigenvalue weighted by Gasteiger charge is 2.17. The van der Waals surface area contributed by atoms with E-state index >= 15 is 0 Å². The third-order valence-corrected chi connectivity index (χ3v) is 7.57. The molecule has 0 aliphatic rings. The number of hydrogen-bond donors (Lipinski definition) is 1. The van der Waals surface area contributed by atoms with E-state index in [4.69, 9.17) is 9.47 Å². The summed E-state index contributed by atoms with van der Waals surface area (Å²) in [6, 6.07) is 10.4. The predicted octanol–water partition coefficient (Wildman–Crippen LogP) is 6.38. The zero-order valence-electron chi connectivity index (χ0n) is 22.4. The van der Waals surface area contributed by atoms with Gasteiger partial charge in [0, 0.05) is 31.4 Å². The Balaban J connectivity index is 1.32. The molecule has 2 aromatic carbocycles. The van der Waals surface area contributed by atoms with E-state index in [0.717, 1.165) is 9.40 Å². The number of aldehydes is 1. The molecule has 0 radical (unpaired) electrons. The largest absolute Gasteiger partial charge is 0.493 e. The summed E-state index contributed by atoms with van der Waals surface area (Å²) in [6.45, 7) is 9.45. The lowest BCUT2D eigenvalue weighted by atomic mass is 10.1. The maximum atomic E-state index is 12.7. The minimum Gasteiger partial charge on any atom is -0.493 e. The second kappa shape index (κ2) is 12.5. The van der Waals surface area contributed by atoms with Crippen molar-refractivity contribution in [1.29, 1.82) is 0 Å². The number of Topliss-reactive ketones (excluding diaryl/α,β-unsaturated/α-hetero) is 2. The summed E-state index contributed by atoms with van der Waals surface area (Å²) in [4.78, 5) is 56.6. The number of fused-ring (bicyclic) bond motifs is 2. The molecular weight excluding hydrogens is 550 g/mol. The van der Waals surface area contributed by atoms with Gasteiger partial charge >= 0.3 is 0 Å². The van der Waals surface area contributed by atoms with Crippen molar-refractivity contribution in [2.75, 3.05) is 11.9 Å². The summed E-state index contributed by atoms with van der Waals surface area (Å²) >= 11 is 2.49. The molecule has 208 valence electrons. The number of rotatable bonds is 13. The van der Waals surface area contributed by atoms with Crippen LogP contribution < -0.4 is 10.1 Å². The summed E-state index contributed by atoms with van der Waals surface area (Å²) in [7, 11) is 0. The van der Waals surface area contributed by atoms with Crippen LogP contribution in [0.5, 0.6) is 5.75 Å². The number of benzene rings is 2. The fourth-order valence-electron chi connectivity index (χ4n) is 3.72. The van der Waals surface area contributed by atoms with Crippen molar-refractivity contribution in [1.82, 2.24) is 9.97 Å². The smallest absolute Gasteiger partial charge is 0.262 e. The van der Waals surface area contributed by atoms with E-state index in [1.165, 1.54) is 22.7 Å². The Hall–Kier alpha value is -3.96. The molecule has 0 aliphatic heterocycles. The predicted molar refractivity (Wildman–Crippen MR) is 157 cm³/mol. The van der Waals surface area contributed by atoms with Crippen LogP contribution in [0.3, 0.4) is 0 Å². The fraction of sp³-hybridized carbons (Fsp3) is 0.310. The van der Waals surface area contributed by atoms with Crippen molar-refractivity contribution in [3.8, 4) is 5.75 Å². The number of amides is 1. The number of carbonyl (C=O) groups is 4. The second-order valence-electron chi connectivity index (χ2n) is 9.99. The third-order valence-electron chi connectivity index (χ3n) is 5.45. The van der Waals surface area contributed by atoms with Gasteiger partial charge in [0.15, 0.2) is 28.2 Å². The van der Waals surface area contributed by atoms with Gasteiger partial charge in [-0.15, -0.1) is 22.7 Å². The molecule has 0 bridgehead atoms. The van der Waals surface area contributed by atoms with Crippen molar-refractivity contribution in [2.45, 2.75) is 52.1 Å². The van der Waals surface area contributed by atoms with E-state index in [1.807, 2.05) is 20.8 Å². The second-order valence-corrected chi connectivity index (χ2v) is 12.1. The first-order valence-corrected chi connectivity index (χ1v) is 14.2. The number of hydrogen-bond acceptors (Lipinski definition) is 10. The lowest BCUT2D eigenvalue weighted by Gasteiger charge is -2.22. The van der Waals surface area contributed by atoms with Crippen LogP contribution in [-0.4, -0.2) is 45.9 Å². The van der Waals surface area contributed by atoms with Crippen LogP contribution in [0.1, 0.15) is 66.1 Å². The highest BCUT2D eigenvalue weighted by Crippen LogP contribution is 2.29. The number of ketones is 2. The number of nitrogens with one attached hydrogen (secondary N) is 1. The van der Waals surface area contributed by atoms with Crippen molar-refractivity contribution < 1.29 is 28.7 Å². The standard InChI is InChI=1S/C29H29N3O6S2/c1-17(38-29(2,3)4)7-12-23(35)28-32-21-11-9-19(15-25(21)40-28)37-16-26(36)30-18-8-10-20-24(14-18)39-27(31-20)22(34)6-5-13-33/h8-11,13-15H,1,5-7,12,16H2,2-4H3,(H,30,36). The van der Waals surface area contributed by atoms with Gasteiger partial charge in [0.2, 0.25) is 0 Å². The summed E-state index contributed by atoms with van der Waals surface area (Å²) in [5, 5.41) is 3.53. The number of nitrogens with zero attached hydrogens (tertiary/aromatic N) is 2. The number of anilines is 1. The first-order valence-electron chi connectivity index (χ1n) is 12.6. The number of allylic oxidation sites excluding steroid dienone is 1. The normalized spacial score (nSPS) is 11.4. The fourth-order valence-corrected chi connectivity index (χ4v) is 5.66. The summed E-state index contributed by atoms with van der Waals surface area (Å²) in [5.41, 5.74) is 1.51. The molecule has 1 amide bonds. The number of ether oxygens (including phenoxy) is 2. The Morgan fingerprint density at radius 3 is 2.20 bits per heavy atom. The Labute approximate surface area is 239 Å². The molecule has 9 nitrogen and oxygen atoms in total. The molecule has 4 aromatic rings. The minimum atomic E-state index is -0.358. The number of carbonyl (C=O) groups excluding carboxylic acids is 4. The molecule has 0 unspecified atom stereocenters. The van der Waals surface area contributed by atoms with Gasteiger partial charge in [0.05, 0.1) is 26.2 Å². The average Bonchev–Trinajstić information content (AvgIpc) is 3.52. The molecule has 2 aromatic heterocycles. The Bertz CT molecular complexity index is 1600. The number of thiazole rings is 2. The Morgan fingerprint density at radius 2 is 1.55 bits per heavy atom. The van der Waals surface area contributed by atoms with Gasteiger partial charge in [-0.25, -0.2) is 9.97 Å². The summed E-state index contributed by atoms with van der Waals surface area (Å²) < 4.78 is 12.9. The monoisotopic (exact) mass is 579 g/mol. The van der Waals surface area contributed by atoms with E-state index in [0.29, 0.717) is 51.0 Å². The van der Waals surface area contributed by atoms with Gasteiger partial charge in [0.25, 0.3) is 5.91 Å². The summed E-state index contributed by atoms with van der Waals surface area (Å²) in [6.07, 6.45) is 1.67. The molecule has 40 heavy (non-hydrogen) atoms. The maximum Gasteiger partial charge on any atom is 0.262 e. The minimum absolute atomic E-state index is 0.0861. The molecular formula is C29H29N3O6S2. The number of aromatic nitrogens is 2. The molecule has 0 saturated heterocycles. The highest BCUT2D eigenvalue weighted by atomic mass is 32.1. The van der Waals surface area contributed by atoms with Crippen molar-refractivity contribution in [2.24, 2.45) is 0 Å². The lowest BCUT2D eigenvalue weighted by Crippen LogP contribution is -2.20. The van der Waals surface area contributed by atoms with E-state index in [-0.39, 0.29) is 48.9 Å². The van der Waals surface area contributed by atoms with Crippen LogP contribution in [0.4, 0.5) is 5.69 Å². The lowest BCUT2D eigenvalue weighted by molar-refractivity contribution is -0.118. The molecule has 0 aliphatic carbocycles. The molecule has 11 heteroatoms. The van der Waals surface area contributed by atoms with E-state index < -0.39 is 0 Å². The van der Waals surface area contributed by atoms with Crippen LogP contribution in [0.15, 0.2) is 48.7 Å². The van der Waals surface area contributed by atoms with Crippen LogP contribution in [0.2, 0.25) is 0 Å². The first kappa shape index (κ1) is 29.0. The van der Waals surface area contributed by atoms with Crippen LogP contribution in [0, 0.1) is 0 Å². The van der Waals surface area contributed by atoms with E-state index in [1.54, 1.807) is 36.4 Å². The van der Waals surface area contributed by atoms with Crippen molar-refractivity contribution >= 4 is 72.6 Å². The van der Waals surface area contributed by atoms with Gasteiger partial charge in [-0.05, 0) is 57.2 Å². The maximum absolute atomic E-state index is 12.7.